The summed E-state index contributed by atoms with van der Waals surface area (Å²) < 4.78 is 0.632. The predicted octanol–water partition coefficient (Wildman–Crippen LogP) is 0.323. The normalized spacial score (nSPS) is 35.6. The smallest absolute Gasteiger partial charge is 0.353 e. The Morgan fingerprint density at radius 1 is 1.39 bits per heavy atom. The summed E-state index contributed by atoms with van der Waals surface area (Å²) in [6, 6.07) is -0.412. The van der Waals surface area contributed by atoms with Crippen molar-refractivity contribution >= 4 is 29.5 Å². The highest BCUT2D eigenvalue weighted by Gasteiger charge is 2.57. The molecule has 6 atom stereocenters. The van der Waals surface area contributed by atoms with Gasteiger partial charge in [-0.25, -0.2) is 4.79 Å². The number of likely N-dealkylation sites (tertiary alicyclic amines) is 1. The molecule has 0 saturated carbocycles. The molecule has 0 spiro atoms. The second-order valence-electron chi connectivity index (χ2n) is 8.53. The Bertz CT molecular complexity index is 737. The zero-order valence-electron chi connectivity index (χ0n) is 17.1. The van der Waals surface area contributed by atoms with E-state index in [1.54, 1.807) is 25.9 Å². The number of amides is 2. The SMILES string of the molecule is CC[N+]1(C)C[C@@H](SC2=C(C(=O)O)N3C(=O)[C@H]([C@@H](C)O)[C@H]3C2)C[C@H]1C(=O)N(C)C. The van der Waals surface area contributed by atoms with Gasteiger partial charge in [-0.05, 0) is 13.8 Å². The summed E-state index contributed by atoms with van der Waals surface area (Å²) in [7, 11) is 5.60. The minimum Gasteiger partial charge on any atom is -0.477 e. The number of thioether (sulfide) groups is 1. The van der Waals surface area contributed by atoms with Crippen LogP contribution in [0.1, 0.15) is 26.7 Å². The van der Waals surface area contributed by atoms with Gasteiger partial charge in [-0.2, -0.15) is 0 Å². The van der Waals surface area contributed by atoms with Gasteiger partial charge in [0.05, 0.1) is 43.5 Å². The molecule has 2 saturated heterocycles. The van der Waals surface area contributed by atoms with Crippen LogP contribution in [0.2, 0.25) is 0 Å². The molecular weight excluding hydrogens is 382 g/mol. The van der Waals surface area contributed by atoms with Crippen LogP contribution in [-0.2, 0) is 14.4 Å². The Morgan fingerprint density at radius 2 is 2.04 bits per heavy atom. The van der Waals surface area contributed by atoms with Gasteiger partial charge in [0.25, 0.3) is 5.91 Å². The van der Waals surface area contributed by atoms with E-state index in [1.807, 2.05) is 0 Å². The third-order valence-electron chi connectivity index (χ3n) is 6.51. The topological polar surface area (TPSA) is 98.1 Å². The number of carboxylic acid groups (broad SMARTS) is 1. The van der Waals surface area contributed by atoms with Gasteiger partial charge in [0, 0.05) is 31.8 Å². The number of quaternary nitrogens is 1. The first-order valence-electron chi connectivity index (χ1n) is 9.71. The highest BCUT2D eigenvalue weighted by molar-refractivity contribution is 8.03. The number of aliphatic hydroxyl groups is 1. The summed E-state index contributed by atoms with van der Waals surface area (Å²) in [5, 5.41) is 19.7. The van der Waals surface area contributed by atoms with Crippen molar-refractivity contribution in [2.45, 2.75) is 50.1 Å². The van der Waals surface area contributed by atoms with Crippen molar-refractivity contribution < 1.29 is 29.1 Å². The van der Waals surface area contributed by atoms with E-state index in [1.165, 1.54) is 16.7 Å². The summed E-state index contributed by atoms with van der Waals surface area (Å²) >= 11 is 1.50. The molecule has 0 aliphatic carbocycles. The third kappa shape index (κ3) is 3.23. The zero-order chi connectivity index (χ0) is 21.0. The largest absolute Gasteiger partial charge is 0.477 e. The van der Waals surface area contributed by atoms with Gasteiger partial charge < -0.3 is 24.5 Å². The summed E-state index contributed by atoms with van der Waals surface area (Å²) in [6.07, 6.45) is 0.356. The van der Waals surface area contributed by atoms with E-state index in [0.717, 1.165) is 13.1 Å². The average molecular weight is 413 g/mol. The molecule has 28 heavy (non-hydrogen) atoms. The van der Waals surface area contributed by atoms with E-state index in [-0.39, 0.29) is 34.8 Å². The van der Waals surface area contributed by atoms with E-state index in [4.69, 9.17) is 0 Å². The molecule has 2 amide bonds. The number of β-lactam (4-membered cyclic amide) rings is 1. The fourth-order valence-corrected chi connectivity index (χ4v) is 6.47. The number of aliphatic hydroxyl groups excluding tert-OH is 1. The number of aliphatic carboxylic acids is 1. The van der Waals surface area contributed by atoms with Crippen molar-refractivity contribution in [2.24, 2.45) is 5.92 Å². The van der Waals surface area contributed by atoms with Crippen molar-refractivity contribution in [3.05, 3.63) is 10.6 Å². The zero-order valence-corrected chi connectivity index (χ0v) is 17.9. The van der Waals surface area contributed by atoms with Crippen LogP contribution in [-0.4, -0.2) is 99.9 Å². The monoisotopic (exact) mass is 412 g/mol. The molecule has 0 aromatic rings. The Morgan fingerprint density at radius 3 is 2.54 bits per heavy atom. The number of fused-ring (bicyclic) bond motifs is 1. The lowest BCUT2D eigenvalue weighted by molar-refractivity contribution is -0.910. The molecule has 8 nitrogen and oxygen atoms in total. The molecule has 156 valence electrons. The molecule has 3 aliphatic rings. The average Bonchev–Trinajstić information content (AvgIpc) is 3.09. The van der Waals surface area contributed by atoms with Crippen LogP contribution in [0.5, 0.6) is 0 Å². The molecule has 2 N–H and O–H groups in total. The summed E-state index contributed by atoms with van der Waals surface area (Å²) in [6.45, 7) is 5.24. The van der Waals surface area contributed by atoms with Crippen molar-refractivity contribution in [3.63, 3.8) is 0 Å². The second-order valence-corrected chi connectivity index (χ2v) is 9.92. The number of carbonyl (C=O) groups excluding carboxylic acids is 2. The van der Waals surface area contributed by atoms with E-state index in [0.29, 0.717) is 22.2 Å². The molecule has 0 aromatic carbocycles. The van der Waals surface area contributed by atoms with Crippen LogP contribution in [0.3, 0.4) is 0 Å². The maximum absolute atomic E-state index is 12.7. The fourth-order valence-electron chi connectivity index (χ4n) is 4.81. The van der Waals surface area contributed by atoms with E-state index in [9.17, 15) is 24.6 Å². The van der Waals surface area contributed by atoms with Crippen molar-refractivity contribution in [3.8, 4) is 0 Å². The molecule has 2 fully saturated rings. The standard InChI is InChI=1S/C19H29N3O5S/c1-6-22(5)9-11(7-13(22)17(24)20(3)4)28-14-8-12-15(10(2)23)18(25)21(12)16(14)19(26)27/h10-13,15,23H,6-9H2,1-5H3/p+1/t10-,11+,12-,13+,15-,22?/m1/s1. The highest BCUT2D eigenvalue weighted by Crippen LogP contribution is 2.49. The van der Waals surface area contributed by atoms with E-state index in [2.05, 4.69) is 14.0 Å². The van der Waals surface area contributed by atoms with E-state index < -0.39 is 18.0 Å². The maximum atomic E-state index is 12.7. The number of likely N-dealkylation sites (N-methyl/N-ethyl adjacent to an activating group) is 2. The first-order valence-corrected chi connectivity index (χ1v) is 10.6. The lowest BCUT2D eigenvalue weighted by Gasteiger charge is -2.44. The summed E-state index contributed by atoms with van der Waals surface area (Å²) in [5.74, 6) is -1.85. The second kappa shape index (κ2) is 7.35. The van der Waals surface area contributed by atoms with Gasteiger partial charge in [-0.1, -0.05) is 0 Å². The van der Waals surface area contributed by atoms with Crippen LogP contribution in [0, 0.1) is 5.92 Å². The molecule has 9 heteroatoms. The molecule has 0 radical (unpaired) electrons. The number of rotatable bonds is 6. The molecule has 3 rings (SSSR count). The molecule has 1 unspecified atom stereocenters. The number of hydrogen-bond acceptors (Lipinski definition) is 5. The van der Waals surface area contributed by atoms with Crippen LogP contribution in [0.25, 0.3) is 0 Å². The fraction of sp³-hybridized carbons (Fsp3) is 0.737. The van der Waals surface area contributed by atoms with Crippen molar-refractivity contribution in [1.82, 2.24) is 9.80 Å². The molecule has 0 aromatic heterocycles. The lowest BCUT2D eigenvalue weighted by Crippen LogP contribution is -2.61. The first-order chi connectivity index (χ1) is 13.0. The quantitative estimate of drug-likeness (QED) is 0.482. The summed E-state index contributed by atoms with van der Waals surface area (Å²) in [5.41, 5.74) is 0.0602. The van der Waals surface area contributed by atoms with Crippen LogP contribution in [0.4, 0.5) is 0 Å². The third-order valence-corrected chi connectivity index (χ3v) is 7.83. The Kier molecular flexibility index (Phi) is 5.55. The summed E-state index contributed by atoms with van der Waals surface area (Å²) in [4.78, 5) is 40.5. The molecule has 3 heterocycles. The molecular formula is C19H30N3O5S+. The Labute approximate surface area is 169 Å². The van der Waals surface area contributed by atoms with Gasteiger partial charge in [-0.15, -0.1) is 11.8 Å². The van der Waals surface area contributed by atoms with Crippen LogP contribution >= 0.6 is 11.8 Å². The number of carboxylic acids is 1. The lowest BCUT2D eigenvalue weighted by atomic mass is 9.83. The first kappa shape index (κ1) is 21.1. The van der Waals surface area contributed by atoms with Gasteiger partial charge >= 0.3 is 5.97 Å². The minimum atomic E-state index is -1.10. The Balaban J connectivity index is 1.81. The highest BCUT2D eigenvalue weighted by atomic mass is 32.2. The Hall–Kier alpha value is -1.58. The van der Waals surface area contributed by atoms with Gasteiger partial charge in [0.1, 0.15) is 5.70 Å². The van der Waals surface area contributed by atoms with Crippen molar-refractivity contribution in [1.29, 1.82) is 0 Å². The van der Waals surface area contributed by atoms with E-state index >= 15 is 0 Å². The van der Waals surface area contributed by atoms with Crippen molar-refractivity contribution in [2.75, 3.05) is 34.2 Å². The maximum Gasteiger partial charge on any atom is 0.353 e. The predicted molar refractivity (Wildman–Crippen MR) is 105 cm³/mol. The van der Waals surface area contributed by atoms with Gasteiger partial charge in [0.15, 0.2) is 6.04 Å². The van der Waals surface area contributed by atoms with Gasteiger partial charge in [-0.3, -0.25) is 9.59 Å². The van der Waals surface area contributed by atoms with Crippen LogP contribution < -0.4 is 0 Å². The number of carbonyl (C=O) groups is 3. The molecule has 0 bridgehead atoms. The number of nitrogens with zero attached hydrogens (tertiary/aromatic N) is 3. The van der Waals surface area contributed by atoms with Crippen LogP contribution in [0.15, 0.2) is 10.6 Å². The van der Waals surface area contributed by atoms with Gasteiger partial charge in [0.2, 0.25) is 5.91 Å². The number of hydrogen-bond donors (Lipinski definition) is 2. The minimum absolute atomic E-state index is 0.0602. The molecule has 3 aliphatic heterocycles.